The Kier molecular flexibility index (Phi) is 7.55. The molecule has 2 aromatic carbocycles. The number of nitrogens with zero attached hydrogens (tertiary/aromatic N) is 1. The highest BCUT2D eigenvalue weighted by atomic mass is 32.2. The van der Waals surface area contributed by atoms with Gasteiger partial charge in [0, 0.05) is 37.0 Å². The van der Waals surface area contributed by atoms with E-state index >= 15 is 0 Å². The Morgan fingerprint density at radius 2 is 1.81 bits per heavy atom. The molecule has 0 aromatic heterocycles. The van der Waals surface area contributed by atoms with Crippen molar-refractivity contribution in [3.63, 3.8) is 0 Å². The van der Waals surface area contributed by atoms with Gasteiger partial charge in [-0.05, 0) is 36.2 Å². The van der Waals surface area contributed by atoms with E-state index in [1.807, 2.05) is 36.4 Å². The van der Waals surface area contributed by atoms with Gasteiger partial charge in [0.1, 0.15) is 0 Å². The third-order valence-corrected chi connectivity index (χ3v) is 6.54. The quantitative estimate of drug-likeness (QED) is 0.540. The van der Waals surface area contributed by atoms with Crippen LogP contribution in [0, 0.1) is 6.92 Å². The summed E-state index contributed by atoms with van der Waals surface area (Å²) in [6.07, 6.45) is 1.21. The molecule has 0 radical (unpaired) electrons. The molecule has 0 aliphatic heterocycles. The monoisotopic (exact) mass is 407 g/mol. The fourth-order valence-corrected chi connectivity index (χ4v) is 4.54. The van der Waals surface area contributed by atoms with Crippen LogP contribution in [0.5, 0.6) is 0 Å². The molecule has 0 spiro atoms. The van der Waals surface area contributed by atoms with Crippen LogP contribution in [0.15, 0.2) is 63.3 Å². The van der Waals surface area contributed by atoms with Crippen LogP contribution >= 0.6 is 0 Å². The molecule has 8 heteroatoms. The molecule has 2 aromatic rings. The number of aliphatic imine (C=N–C) groups is 1. The van der Waals surface area contributed by atoms with Crippen molar-refractivity contribution in [2.24, 2.45) is 4.99 Å². The van der Waals surface area contributed by atoms with Gasteiger partial charge in [-0.1, -0.05) is 30.3 Å². The van der Waals surface area contributed by atoms with Gasteiger partial charge in [-0.3, -0.25) is 9.20 Å². The third kappa shape index (κ3) is 6.48. The molecule has 146 valence electrons. The molecule has 0 fully saturated rings. The van der Waals surface area contributed by atoms with E-state index in [2.05, 4.69) is 15.6 Å². The standard InChI is InChI=1S/C19H25N3O3S2/c1-15-13-16(9-10-18(15)27(3,24)25)14-22-19(20-2)21-11-12-26(23)17-7-5-4-6-8-17/h4-10,13H,11-12,14H2,1-3H3,(H2,20,21,22). The van der Waals surface area contributed by atoms with Gasteiger partial charge in [-0.2, -0.15) is 0 Å². The van der Waals surface area contributed by atoms with E-state index in [0.717, 1.165) is 16.0 Å². The smallest absolute Gasteiger partial charge is 0.191 e. The first-order valence-corrected chi connectivity index (χ1v) is 11.7. The number of hydrogen-bond donors (Lipinski definition) is 2. The van der Waals surface area contributed by atoms with Crippen LogP contribution in [0.25, 0.3) is 0 Å². The van der Waals surface area contributed by atoms with Crippen molar-refractivity contribution < 1.29 is 12.6 Å². The maximum absolute atomic E-state index is 12.2. The summed E-state index contributed by atoms with van der Waals surface area (Å²) in [5.41, 5.74) is 1.67. The lowest BCUT2D eigenvalue weighted by Crippen LogP contribution is -2.38. The largest absolute Gasteiger partial charge is 0.355 e. The second kappa shape index (κ2) is 9.66. The number of nitrogens with one attached hydrogen (secondary N) is 2. The minimum Gasteiger partial charge on any atom is -0.355 e. The summed E-state index contributed by atoms with van der Waals surface area (Å²) >= 11 is 0. The van der Waals surface area contributed by atoms with Gasteiger partial charge in [-0.15, -0.1) is 0 Å². The van der Waals surface area contributed by atoms with Gasteiger partial charge in [0.15, 0.2) is 15.8 Å². The Labute approximate surface area is 163 Å². The van der Waals surface area contributed by atoms with Gasteiger partial charge >= 0.3 is 0 Å². The summed E-state index contributed by atoms with van der Waals surface area (Å²) in [5.74, 6) is 1.08. The first-order chi connectivity index (χ1) is 12.8. The van der Waals surface area contributed by atoms with Gasteiger partial charge < -0.3 is 10.6 Å². The number of hydrogen-bond acceptors (Lipinski definition) is 4. The zero-order valence-corrected chi connectivity index (χ0v) is 17.4. The Morgan fingerprint density at radius 3 is 2.41 bits per heavy atom. The molecule has 0 saturated carbocycles. The molecular formula is C19H25N3O3S2. The minimum absolute atomic E-state index is 0.345. The van der Waals surface area contributed by atoms with Crippen molar-refractivity contribution in [3.05, 3.63) is 59.7 Å². The second-order valence-corrected chi connectivity index (χ2v) is 9.64. The van der Waals surface area contributed by atoms with E-state index in [-0.39, 0.29) is 0 Å². The summed E-state index contributed by atoms with van der Waals surface area (Å²) in [6.45, 7) is 2.81. The Morgan fingerprint density at radius 1 is 1.11 bits per heavy atom. The highest BCUT2D eigenvalue weighted by molar-refractivity contribution is 7.90. The van der Waals surface area contributed by atoms with E-state index in [1.54, 1.807) is 26.1 Å². The summed E-state index contributed by atoms with van der Waals surface area (Å²) < 4.78 is 35.6. The Balaban J connectivity index is 1.85. The molecule has 27 heavy (non-hydrogen) atoms. The third-order valence-electron chi connectivity index (χ3n) is 3.91. The molecule has 2 rings (SSSR count). The fourth-order valence-electron chi connectivity index (χ4n) is 2.60. The molecule has 1 unspecified atom stereocenters. The second-order valence-electron chi connectivity index (χ2n) is 6.09. The summed E-state index contributed by atoms with van der Waals surface area (Å²) in [5, 5.41) is 6.32. The highest BCUT2D eigenvalue weighted by Crippen LogP contribution is 2.16. The van der Waals surface area contributed by atoms with Crippen LogP contribution in [0.1, 0.15) is 11.1 Å². The van der Waals surface area contributed by atoms with Gasteiger partial charge in [0.2, 0.25) is 0 Å². The predicted octanol–water partition coefficient (Wildman–Crippen LogP) is 1.87. The summed E-state index contributed by atoms with van der Waals surface area (Å²) in [4.78, 5) is 5.31. The number of aryl methyl sites for hydroxylation is 1. The molecule has 1 atom stereocenters. The maximum atomic E-state index is 12.2. The first kappa shape index (κ1) is 21.1. The van der Waals surface area contributed by atoms with Crippen LogP contribution < -0.4 is 10.6 Å². The lowest BCUT2D eigenvalue weighted by molar-refractivity contribution is 0.601. The van der Waals surface area contributed by atoms with Gasteiger partial charge in [0.25, 0.3) is 0 Å². The zero-order chi connectivity index (χ0) is 19.9. The van der Waals surface area contributed by atoms with Crippen molar-refractivity contribution in [1.82, 2.24) is 10.6 Å². The number of rotatable bonds is 7. The summed E-state index contributed by atoms with van der Waals surface area (Å²) in [6, 6.07) is 14.6. The maximum Gasteiger partial charge on any atom is 0.191 e. The van der Waals surface area contributed by atoms with E-state index < -0.39 is 20.6 Å². The van der Waals surface area contributed by atoms with Crippen molar-refractivity contribution in [1.29, 1.82) is 0 Å². The lowest BCUT2D eigenvalue weighted by atomic mass is 10.1. The normalized spacial score (nSPS) is 13.2. The van der Waals surface area contributed by atoms with Crippen molar-refractivity contribution in [2.45, 2.75) is 23.3 Å². The first-order valence-electron chi connectivity index (χ1n) is 8.49. The minimum atomic E-state index is -3.21. The Bertz CT molecular complexity index is 926. The zero-order valence-electron chi connectivity index (χ0n) is 15.7. The molecule has 0 heterocycles. The van der Waals surface area contributed by atoms with E-state index in [9.17, 15) is 12.6 Å². The topological polar surface area (TPSA) is 87.6 Å². The number of benzene rings is 2. The molecular weight excluding hydrogens is 382 g/mol. The molecule has 0 bridgehead atoms. The summed E-state index contributed by atoms with van der Waals surface area (Å²) in [7, 11) is -2.60. The van der Waals surface area contributed by atoms with Crippen molar-refractivity contribution >= 4 is 26.6 Å². The molecule has 0 aliphatic rings. The van der Waals surface area contributed by atoms with Crippen LogP contribution in [-0.4, -0.2) is 44.2 Å². The molecule has 6 nitrogen and oxygen atoms in total. The van der Waals surface area contributed by atoms with Crippen molar-refractivity contribution in [2.75, 3.05) is 25.6 Å². The van der Waals surface area contributed by atoms with Gasteiger partial charge in [0.05, 0.1) is 15.7 Å². The average molecular weight is 408 g/mol. The van der Waals surface area contributed by atoms with Gasteiger partial charge in [-0.25, -0.2) is 8.42 Å². The number of sulfone groups is 1. The van der Waals surface area contributed by atoms with Crippen LogP contribution in [0.3, 0.4) is 0 Å². The van der Waals surface area contributed by atoms with Crippen LogP contribution in [0.4, 0.5) is 0 Å². The van der Waals surface area contributed by atoms with E-state index in [4.69, 9.17) is 0 Å². The molecule has 0 aliphatic carbocycles. The molecule has 0 saturated heterocycles. The fraction of sp³-hybridized carbons (Fsp3) is 0.316. The highest BCUT2D eigenvalue weighted by Gasteiger charge is 2.11. The lowest BCUT2D eigenvalue weighted by Gasteiger charge is -2.13. The predicted molar refractivity (Wildman–Crippen MR) is 110 cm³/mol. The SMILES string of the molecule is CN=C(NCCS(=O)c1ccccc1)NCc1ccc(S(C)(=O)=O)c(C)c1. The average Bonchev–Trinajstić information content (AvgIpc) is 2.64. The van der Waals surface area contributed by atoms with Crippen LogP contribution in [-0.2, 0) is 27.2 Å². The molecule has 0 amide bonds. The van der Waals surface area contributed by atoms with Crippen molar-refractivity contribution in [3.8, 4) is 0 Å². The van der Waals surface area contributed by atoms with E-state index in [1.165, 1.54) is 6.26 Å². The van der Waals surface area contributed by atoms with E-state index in [0.29, 0.717) is 29.7 Å². The van der Waals surface area contributed by atoms with Crippen LogP contribution in [0.2, 0.25) is 0 Å². The number of guanidine groups is 1. The molecule has 2 N–H and O–H groups in total. The Hall–Kier alpha value is -2.19.